The maximum absolute atomic E-state index is 13.4. The van der Waals surface area contributed by atoms with Crippen LogP contribution in [0.3, 0.4) is 0 Å². The number of hydrogen-bond acceptors (Lipinski definition) is 4. The molecule has 4 aromatic carbocycles. The molecule has 1 atom stereocenters. The Labute approximate surface area is 249 Å². The molecule has 6 nitrogen and oxygen atoms in total. The van der Waals surface area contributed by atoms with E-state index >= 15 is 0 Å². The van der Waals surface area contributed by atoms with Crippen molar-refractivity contribution in [3.63, 3.8) is 0 Å². The minimum Gasteiger partial charge on any atom is -0.325 e. The van der Waals surface area contributed by atoms with Gasteiger partial charge in [-0.25, -0.2) is 4.39 Å². The lowest BCUT2D eigenvalue weighted by molar-refractivity contribution is -0.115. The van der Waals surface area contributed by atoms with Gasteiger partial charge in [0.1, 0.15) is 11.5 Å². The van der Waals surface area contributed by atoms with Crippen molar-refractivity contribution in [2.45, 2.75) is 36.8 Å². The average Bonchev–Trinajstić information content (AvgIpc) is 2.99. The number of rotatable bonds is 10. The third-order valence-electron chi connectivity index (χ3n) is 6.35. The molecule has 0 heterocycles. The zero-order valence-electron chi connectivity index (χ0n) is 23.6. The zero-order valence-corrected chi connectivity index (χ0v) is 24.4. The minimum atomic E-state index is -0.541. The number of amides is 3. The summed E-state index contributed by atoms with van der Waals surface area (Å²) >= 11 is 1.40. The summed E-state index contributed by atoms with van der Waals surface area (Å²) in [5.41, 5.74) is 3.40. The fraction of sp³-hybridized carbons (Fsp3) is 0.147. The molecular weight excluding hydrogens is 549 g/mol. The summed E-state index contributed by atoms with van der Waals surface area (Å²) in [6.07, 6.45) is 1.48. The van der Waals surface area contributed by atoms with Crippen molar-refractivity contribution in [2.75, 3.05) is 10.6 Å². The molecule has 4 rings (SSSR count). The predicted molar refractivity (Wildman–Crippen MR) is 168 cm³/mol. The first-order valence-corrected chi connectivity index (χ1v) is 14.4. The summed E-state index contributed by atoms with van der Waals surface area (Å²) in [7, 11) is 0. The molecule has 0 saturated carbocycles. The highest BCUT2D eigenvalue weighted by Gasteiger charge is 2.17. The lowest BCUT2D eigenvalue weighted by Gasteiger charge is -2.14. The van der Waals surface area contributed by atoms with Crippen LogP contribution in [-0.2, 0) is 9.59 Å². The van der Waals surface area contributed by atoms with Crippen LogP contribution in [0, 0.1) is 5.82 Å². The van der Waals surface area contributed by atoms with Gasteiger partial charge in [-0.1, -0.05) is 56.3 Å². The lowest BCUT2D eigenvalue weighted by atomic mass is 10.0. The molecule has 0 spiro atoms. The van der Waals surface area contributed by atoms with Crippen LogP contribution in [0.4, 0.5) is 15.8 Å². The van der Waals surface area contributed by atoms with Crippen LogP contribution < -0.4 is 16.0 Å². The third-order valence-corrected chi connectivity index (χ3v) is 7.46. The molecule has 0 saturated heterocycles. The number of benzene rings is 4. The van der Waals surface area contributed by atoms with Gasteiger partial charge in [-0.05, 0) is 90.7 Å². The molecule has 3 amide bonds. The molecule has 3 N–H and O–H groups in total. The van der Waals surface area contributed by atoms with Gasteiger partial charge in [-0.15, -0.1) is 11.8 Å². The number of thioether (sulfide) groups is 1. The molecule has 8 heteroatoms. The Kier molecular flexibility index (Phi) is 10.3. The van der Waals surface area contributed by atoms with Gasteiger partial charge in [0.25, 0.3) is 11.8 Å². The molecule has 0 radical (unpaired) electrons. The van der Waals surface area contributed by atoms with Crippen LogP contribution in [0.2, 0.25) is 0 Å². The first-order chi connectivity index (χ1) is 20.2. The molecule has 0 aliphatic rings. The Morgan fingerprint density at radius 1 is 0.738 bits per heavy atom. The fourth-order valence-electron chi connectivity index (χ4n) is 3.94. The molecule has 42 heavy (non-hydrogen) atoms. The Morgan fingerprint density at radius 3 is 1.95 bits per heavy atom. The van der Waals surface area contributed by atoms with Gasteiger partial charge in [0.2, 0.25) is 5.91 Å². The number of halogens is 1. The monoisotopic (exact) mass is 581 g/mol. The highest BCUT2D eigenvalue weighted by molar-refractivity contribution is 8.00. The van der Waals surface area contributed by atoms with Crippen molar-refractivity contribution in [1.82, 2.24) is 5.32 Å². The van der Waals surface area contributed by atoms with Crippen LogP contribution in [0.5, 0.6) is 0 Å². The molecule has 0 aromatic heterocycles. The van der Waals surface area contributed by atoms with Crippen molar-refractivity contribution in [1.29, 1.82) is 0 Å². The molecule has 0 aliphatic heterocycles. The van der Waals surface area contributed by atoms with E-state index in [1.165, 1.54) is 47.7 Å². The number of anilines is 2. The number of nitrogens with one attached hydrogen (secondary N) is 3. The van der Waals surface area contributed by atoms with Crippen LogP contribution in [0.15, 0.2) is 114 Å². The minimum absolute atomic E-state index is 0.000586. The van der Waals surface area contributed by atoms with Gasteiger partial charge in [0.05, 0.1) is 5.25 Å². The SMILES string of the molecule is CC(Sc1ccc(NC(=O)/C(=C/c2ccc(F)cc2)NC(=O)c2ccccc2)cc1)C(=O)Nc1ccc(C(C)C)cc1. The normalized spacial score (nSPS) is 12.0. The second-order valence-corrected chi connectivity index (χ2v) is 11.3. The first kappa shape index (κ1) is 30.3. The quantitative estimate of drug-likeness (QED) is 0.134. The van der Waals surface area contributed by atoms with E-state index in [-0.39, 0.29) is 16.9 Å². The van der Waals surface area contributed by atoms with E-state index < -0.39 is 17.6 Å². The maximum Gasteiger partial charge on any atom is 0.272 e. The van der Waals surface area contributed by atoms with Crippen LogP contribution >= 0.6 is 11.8 Å². The van der Waals surface area contributed by atoms with Crippen molar-refractivity contribution in [2.24, 2.45) is 0 Å². The van der Waals surface area contributed by atoms with E-state index in [2.05, 4.69) is 29.8 Å². The van der Waals surface area contributed by atoms with Gasteiger partial charge in [0, 0.05) is 21.8 Å². The predicted octanol–water partition coefficient (Wildman–Crippen LogP) is 7.48. The third kappa shape index (κ3) is 8.65. The second kappa shape index (κ2) is 14.3. The van der Waals surface area contributed by atoms with Crippen LogP contribution in [0.25, 0.3) is 6.08 Å². The second-order valence-electron chi connectivity index (χ2n) is 9.93. The summed E-state index contributed by atoms with van der Waals surface area (Å²) in [5, 5.41) is 8.05. The Bertz CT molecular complexity index is 1550. The van der Waals surface area contributed by atoms with E-state index in [1.807, 2.05) is 43.3 Å². The smallest absolute Gasteiger partial charge is 0.272 e. The van der Waals surface area contributed by atoms with E-state index in [4.69, 9.17) is 0 Å². The summed E-state index contributed by atoms with van der Waals surface area (Å²) < 4.78 is 13.4. The fourth-order valence-corrected chi connectivity index (χ4v) is 4.80. The van der Waals surface area contributed by atoms with Crippen molar-refractivity contribution in [3.8, 4) is 0 Å². The van der Waals surface area contributed by atoms with E-state index in [1.54, 1.807) is 42.5 Å². The topological polar surface area (TPSA) is 87.3 Å². The summed E-state index contributed by atoms with van der Waals surface area (Å²) in [5.74, 6) is -1.09. The molecule has 0 fully saturated rings. The molecule has 4 aromatic rings. The number of hydrogen-bond donors (Lipinski definition) is 3. The highest BCUT2D eigenvalue weighted by atomic mass is 32.2. The first-order valence-electron chi connectivity index (χ1n) is 13.5. The van der Waals surface area contributed by atoms with Crippen molar-refractivity contribution >= 4 is 46.9 Å². The molecule has 1 unspecified atom stereocenters. The van der Waals surface area contributed by atoms with Gasteiger partial charge in [0.15, 0.2) is 0 Å². The Hall–Kier alpha value is -4.69. The standard InChI is InChI=1S/C34H32FN3O3S/c1-22(2)25-11-15-28(16-12-25)36-32(39)23(3)42-30-19-17-29(18-20-30)37-34(41)31(21-24-9-13-27(35)14-10-24)38-33(40)26-7-5-4-6-8-26/h4-23H,1-3H3,(H,36,39)(H,37,41)(H,38,40)/b31-21-. The average molecular weight is 582 g/mol. The van der Waals surface area contributed by atoms with Crippen LogP contribution in [-0.4, -0.2) is 23.0 Å². The lowest BCUT2D eigenvalue weighted by Crippen LogP contribution is -2.30. The Morgan fingerprint density at radius 2 is 1.33 bits per heavy atom. The summed E-state index contributed by atoms with van der Waals surface area (Å²) in [6, 6.07) is 29.0. The molecule has 214 valence electrons. The van der Waals surface area contributed by atoms with Crippen molar-refractivity contribution in [3.05, 3.63) is 131 Å². The van der Waals surface area contributed by atoms with Gasteiger partial charge >= 0.3 is 0 Å². The van der Waals surface area contributed by atoms with Gasteiger partial charge in [-0.2, -0.15) is 0 Å². The largest absolute Gasteiger partial charge is 0.325 e. The summed E-state index contributed by atoms with van der Waals surface area (Å²) in [6.45, 7) is 6.08. The van der Waals surface area contributed by atoms with E-state index in [0.29, 0.717) is 22.7 Å². The van der Waals surface area contributed by atoms with E-state index in [9.17, 15) is 18.8 Å². The zero-order chi connectivity index (χ0) is 30.1. The van der Waals surface area contributed by atoms with Crippen molar-refractivity contribution < 1.29 is 18.8 Å². The van der Waals surface area contributed by atoms with Gasteiger partial charge < -0.3 is 16.0 Å². The van der Waals surface area contributed by atoms with Gasteiger partial charge in [-0.3, -0.25) is 14.4 Å². The molecular formula is C34H32FN3O3S. The maximum atomic E-state index is 13.4. The number of carbonyl (C=O) groups is 3. The summed E-state index contributed by atoms with van der Waals surface area (Å²) in [4.78, 5) is 39.6. The highest BCUT2D eigenvalue weighted by Crippen LogP contribution is 2.26. The molecule has 0 aliphatic carbocycles. The van der Waals surface area contributed by atoms with E-state index in [0.717, 1.165) is 10.6 Å². The number of carbonyl (C=O) groups excluding carboxylic acids is 3. The molecule has 0 bridgehead atoms. The Balaban J connectivity index is 1.40. The van der Waals surface area contributed by atoms with Crippen LogP contribution in [0.1, 0.15) is 48.2 Å².